The van der Waals surface area contributed by atoms with Crippen molar-refractivity contribution in [3.05, 3.63) is 82.6 Å². The van der Waals surface area contributed by atoms with Gasteiger partial charge in [0.2, 0.25) is 0 Å². The van der Waals surface area contributed by atoms with E-state index in [0.29, 0.717) is 32.9 Å². The highest BCUT2D eigenvalue weighted by molar-refractivity contribution is 9.10. The maximum Gasteiger partial charge on any atom is 0.265 e. The van der Waals surface area contributed by atoms with Crippen LogP contribution in [0, 0.1) is 5.82 Å². The molecule has 0 aromatic heterocycles. The van der Waals surface area contributed by atoms with Crippen molar-refractivity contribution >= 4 is 39.1 Å². The Bertz CT molecular complexity index is 1090. The summed E-state index contributed by atoms with van der Waals surface area (Å²) >= 11 is 3.20. The molecule has 0 fully saturated rings. The fourth-order valence-electron chi connectivity index (χ4n) is 2.71. The Hall–Kier alpha value is -3.39. The summed E-state index contributed by atoms with van der Waals surface area (Å²) in [4.78, 5) is 24.9. The van der Waals surface area contributed by atoms with Crippen molar-refractivity contribution in [1.82, 2.24) is 0 Å². The van der Waals surface area contributed by atoms with Gasteiger partial charge in [-0.25, -0.2) is 4.39 Å². The van der Waals surface area contributed by atoms with E-state index in [1.807, 2.05) is 6.07 Å². The van der Waals surface area contributed by atoms with Gasteiger partial charge in [0, 0.05) is 11.3 Å². The first-order valence-electron chi connectivity index (χ1n) is 9.34. The predicted octanol–water partition coefficient (Wildman–Crippen LogP) is 5.26. The molecule has 160 valence electrons. The molecule has 3 rings (SSSR count). The number of methoxy groups -OCH3 is 1. The molecule has 2 amide bonds. The third-order valence-electron chi connectivity index (χ3n) is 4.34. The minimum Gasteiger partial charge on any atom is -0.495 e. The van der Waals surface area contributed by atoms with Crippen LogP contribution in [0.1, 0.15) is 17.3 Å². The van der Waals surface area contributed by atoms with Gasteiger partial charge < -0.3 is 20.1 Å². The normalized spacial score (nSPS) is 11.4. The number of carbonyl (C=O) groups is 2. The monoisotopic (exact) mass is 486 g/mol. The van der Waals surface area contributed by atoms with Crippen molar-refractivity contribution in [2.24, 2.45) is 0 Å². The van der Waals surface area contributed by atoms with Gasteiger partial charge in [-0.1, -0.05) is 12.1 Å². The summed E-state index contributed by atoms with van der Waals surface area (Å²) in [5.74, 6) is -0.192. The Kier molecular flexibility index (Phi) is 7.25. The van der Waals surface area contributed by atoms with Crippen LogP contribution in [-0.2, 0) is 4.79 Å². The van der Waals surface area contributed by atoms with Crippen molar-refractivity contribution < 1.29 is 23.5 Å². The van der Waals surface area contributed by atoms with Crippen LogP contribution in [0.5, 0.6) is 11.5 Å². The van der Waals surface area contributed by atoms with Gasteiger partial charge in [-0.2, -0.15) is 0 Å². The number of para-hydroxylation sites is 2. The highest BCUT2D eigenvalue weighted by Crippen LogP contribution is 2.27. The lowest BCUT2D eigenvalue weighted by Gasteiger charge is -2.16. The van der Waals surface area contributed by atoms with Crippen LogP contribution in [-0.4, -0.2) is 25.0 Å². The van der Waals surface area contributed by atoms with E-state index < -0.39 is 11.9 Å². The number of hydrogen-bond acceptors (Lipinski definition) is 4. The van der Waals surface area contributed by atoms with Gasteiger partial charge in [-0.3, -0.25) is 9.59 Å². The summed E-state index contributed by atoms with van der Waals surface area (Å²) in [6, 6.07) is 17.5. The Morgan fingerprint density at radius 3 is 2.35 bits per heavy atom. The van der Waals surface area contributed by atoms with Gasteiger partial charge in [-0.15, -0.1) is 0 Å². The van der Waals surface area contributed by atoms with E-state index in [1.54, 1.807) is 49.4 Å². The molecule has 0 bridgehead atoms. The molecule has 6 nitrogen and oxygen atoms in total. The third kappa shape index (κ3) is 5.82. The smallest absolute Gasteiger partial charge is 0.265 e. The molecule has 1 unspecified atom stereocenters. The number of amides is 2. The van der Waals surface area contributed by atoms with Crippen LogP contribution < -0.4 is 20.1 Å². The summed E-state index contributed by atoms with van der Waals surface area (Å²) in [7, 11) is 1.53. The fraction of sp³-hybridized carbons (Fsp3) is 0.130. The number of halogens is 2. The van der Waals surface area contributed by atoms with E-state index in [9.17, 15) is 14.0 Å². The van der Waals surface area contributed by atoms with E-state index >= 15 is 0 Å². The second-order valence-corrected chi connectivity index (χ2v) is 7.41. The third-order valence-corrected chi connectivity index (χ3v) is 4.96. The van der Waals surface area contributed by atoms with Gasteiger partial charge in [-0.05, 0) is 77.5 Å². The van der Waals surface area contributed by atoms with Gasteiger partial charge in [0.05, 0.1) is 17.3 Å². The van der Waals surface area contributed by atoms with Crippen LogP contribution in [0.3, 0.4) is 0 Å². The first kappa shape index (κ1) is 22.3. The summed E-state index contributed by atoms with van der Waals surface area (Å²) in [5.41, 5.74) is 1.49. The number of carbonyl (C=O) groups excluding carboxylic acids is 2. The largest absolute Gasteiger partial charge is 0.495 e. The van der Waals surface area contributed by atoms with E-state index in [2.05, 4.69) is 26.6 Å². The zero-order valence-electron chi connectivity index (χ0n) is 16.8. The Labute approximate surface area is 187 Å². The van der Waals surface area contributed by atoms with E-state index in [4.69, 9.17) is 9.47 Å². The second kappa shape index (κ2) is 10.1. The molecular formula is C23H20BrFN2O4. The van der Waals surface area contributed by atoms with Crippen molar-refractivity contribution in [2.75, 3.05) is 17.7 Å². The van der Waals surface area contributed by atoms with E-state index in [-0.39, 0.29) is 11.8 Å². The van der Waals surface area contributed by atoms with E-state index in [1.165, 1.54) is 25.3 Å². The molecule has 0 radical (unpaired) electrons. The molecule has 0 saturated heterocycles. The van der Waals surface area contributed by atoms with Crippen molar-refractivity contribution in [3.63, 3.8) is 0 Å². The minimum atomic E-state index is -0.824. The molecule has 0 aliphatic rings. The molecule has 31 heavy (non-hydrogen) atoms. The molecular weight excluding hydrogens is 467 g/mol. The molecule has 1 atom stereocenters. The lowest BCUT2D eigenvalue weighted by Crippen LogP contribution is -2.30. The number of ether oxygens (including phenoxy) is 2. The quantitative estimate of drug-likeness (QED) is 0.477. The van der Waals surface area contributed by atoms with Crippen molar-refractivity contribution in [2.45, 2.75) is 13.0 Å². The molecule has 0 aliphatic carbocycles. The second-order valence-electron chi connectivity index (χ2n) is 6.56. The lowest BCUT2D eigenvalue weighted by molar-refractivity contribution is -0.122. The molecule has 0 spiro atoms. The number of benzene rings is 3. The first-order chi connectivity index (χ1) is 14.9. The van der Waals surface area contributed by atoms with Gasteiger partial charge >= 0.3 is 0 Å². The zero-order chi connectivity index (χ0) is 22.4. The van der Waals surface area contributed by atoms with Crippen molar-refractivity contribution in [3.8, 4) is 11.5 Å². The first-order valence-corrected chi connectivity index (χ1v) is 10.1. The van der Waals surface area contributed by atoms with Crippen LogP contribution in [0.4, 0.5) is 15.8 Å². The van der Waals surface area contributed by atoms with Crippen LogP contribution in [0.15, 0.2) is 71.2 Å². The lowest BCUT2D eigenvalue weighted by atomic mass is 10.2. The predicted molar refractivity (Wildman–Crippen MR) is 120 cm³/mol. The summed E-state index contributed by atoms with van der Waals surface area (Å²) in [5, 5.41) is 5.51. The summed E-state index contributed by atoms with van der Waals surface area (Å²) in [6.07, 6.45) is -0.824. The fourth-order valence-corrected chi connectivity index (χ4v) is 3.15. The van der Waals surface area contributed by atoms with Crippen molar-refractivity contribution in [1.29, 1.82) is 0 Å². The Morgan fingerprint density at radius 2 is 1.68 bits per heavy atom. The topological polar surface area (TPSA) is 76.7 Å². The van der Waals surface area contributed by atoms with Gasteiger partial charge in [0.1, 0.15) is 17.3 Å². The average Bonchev–Trinajstić information content (AvgIpc) is 2.76. The summed E-state index contributed by atoms with van der Waals surface area (Å²) < 4.78 is 24.4. The molecule has 3 aromatic rings. The van der Waals surface area contributed by atoms with Crippen LogP contribution in [0.25, 0.3) is 0 Å². The molecule has 8 heteroatoms. The average molecular weight is 487 g/mol. The maximum absolute atomic E-state index is 13.2. The number of nitrogens with one attached hydrogen (secondary N) is 2. The molecule has 3 aromatic carbocycles. The number of anilines is 2. The number of hydrogen-bond donors (Lipinski definition) is 2. The van der Waals surface area contributed by atoms with Gasteiger partial charge in [0.15, 0.2) is 6.10 Å². The SMILES string of the molecule is COc1ccccc1NC(=O)c1ccc(NC(=O)C(C)Oc2ccc(F)cc2Br)cc1. The van der Waals surface area contributed by atoms with E-state index in [0.717, 1.165) is 0 Å². The Morgan fingerprint density at radius 1 is 0.968 bits per heavy atom. The zero-order valence-corrected chi connectivity index (χ0v) is 18.4. The highest BCUT2D eigenvalue weighted by atomic mass is 79.9. The van der Waals surface area contributed by atoms with Crippen LogP contribution >= 0.6 is 15.9 Å². The van der Waals surface area contributed by atoms with Crippen LogP contribution in [0.2, 0.25) is 0 Å². The minimum absolute atomic E-state index is 0.305. The molecule has 0 saturated carbocycles. The summed E-state index contributed by atoms with van der Waals surface area (Å²) in [6.45, 7) is 1.58. The standard InChI is InChI=1S/C23H20BrFN2O4/c1-14(31-20-12-9-16(25)13-18(20)24)22(28)26-17-10-7-15(8-11-17)23(29)27-19-5-3-4-6-21(19)30-2/h3-14H,1-2H3,(H,26,28)(H,27,29). The van der Waals surface area contributed by atoms with Gasteiger partial charge in [0.25, 0.3) is 11.8 Å². The molecule has 2 N–H and O–H groups in total. The number of rotatable bonds is 7. The molecule has 0 aliphatic heterocycles. The highest BCUT2D eigenvalue weighted by Gasteiger charge is 2.17. The molecule has 0 heterocycles. The Balaban J connectivity index is 1.60. The maximum atomic E-state index is 13.2.